The Morgan fingerprint density at radius 1 is 1.09 bits per heavy atom. The van der Waals surface area contributed by atoms with E-state index in [0.29, 0.717) is 16.8 Å². The molecule has 1 N–H and O–H groups in total. The number of amides is 1. The summed E-state index contributed by atoms with van der Waals surface area (Å²) in [6.07, 6.45) is 2.28. The predicted octanol–water partition coefficient (Wildman–Crippen LogP) is 4.08. The highest BCUT2D eigenvalue weighted by Gasteiger charge is 2.16. The first-order chi connectivity index (χ1) is 15.5. The summed E-state index contributed by atoms with van der Waals surface area (Å²) < 4.78 is 1.39. The number of para-hydroxylation sites is 1. The van der Waals surface area contributed by atoms with Crippen LogP contribution >= 0.6 is 11.3 Å². The van der Waals surface area contributed by atoms with E-state index in [1.54, 1.807) is 0 Å². The molecule has 0 aliphatic carbocycles. The number of benzene rings is 2. The Balaban J connectivity index is 1.38. The maximum Gasteiger partial charge on any atom is 0.262 e. The summed E-state index contributed by atoms with van der Waals surface area (Å²) in [5, 5.41) is 3.50. The Bertz CT molecular complexity index is 1270. The van der Waals surface area contributed by atoms with Crippen LogP contribution in [-0.2, 0) is 11.3 Å². The quantitative estimate of drug-likeness (QED) is 0.414. The zero-order chi connectivity index (χ0) is 22.5. The lowest BCUT2D eigenvalue weighted by molar-refractivity contribution is -0.121. The Morgan fingerprint density at radius 3 is 2.50 bits per heavy atom. The minimum Gasteiger partial charge on any atom is -0.375 e. The van der Waals surface area contributed by atoms with Crippen LogP contribution in [0, 0.1) is 6.92 Å². The minimum atomic E-state index is -0.188. The monoisotopic (exact) mass is 446 g/mol. The fraction of sp³-hybridized carbons (Fsp3) is 0.240. The standard InChI is InChI=1S/C25H26N4O2S/c1-18-22-24(32-23(18)19-10-5-3-6-11-19)27-17-29(25(22)31)16-21(30)26-14-9-15-28(2)20-12-7-4-8-13-20/h3-8,10-13,17H,9,14-16H2,1-2H3,(H,26,30). The fourth-order valence-electron chi connectivity index (χ4n) is 3.70. The molecule has 4 rings (SSSR count). The molecule has 0 atom stereocenters. The second-order valence-electron chi connectivity index (χ2n) is 7.74. The number of aryl methyl sites for hydroxylation is 1. The molecule has 0 bridgehead atoms. The SMILES string of the molecule is Cc1c(-c2ccccc2)sc2ncn(CC(=O)NCCCN(C)c3ccccc3)c(=O)c12. The summed E-state index contributed by atoms with van der Waals surface area (Å²) in [6, 6.07) is 20.1. The molecule has 2 aromatic heterocycles. The molecule has 1 amide bonds. The molecule has 2 heterocycles. The first-order valence-electron chi connectivity index (χ1n) is 10.6. The van der Waals surface area contributed by atoms with Gasteiger partial charge in [-0.25, -0.2) is 4.98 Å². The van der Waals surface area contributed by atoms with Crippen molar-refractivity contribution in [3.05, 3.63) is 82.9 Å². The van der Waals surface area contributed by atoms with E-state index in [4.69, 9.17) is 0 Å². The maximum absolute atomic E-state index is 13.0. The number of carbonyl (C=O) groups is 1. The molecule has 0 saturated heterocycles. The van der Waals surface area contributed by atoms with E-state index in [1.165, 1.54) is 22.2 Å². The van der Waals surface area contributed by atoms with E-state index < -0.39 is 0 Å². The van der Waals surface area contributed by atoms with Gasteiger partial charge in [-0.2, -0.15) is 0 Å². The van der Waals surface area contributed by atoms with Crippen molar-refractivity contribution in [1.29, 1.82) is 0 Å². The Morgan fingerprint density at radius 2 is 1.78 bits per heavy atom. The first-order valence-corrected chi connectivity index (χ1v) is 11.4. The van der Waals surface area contributed by atoms with Gasteiger partial charge >= 0.3 is 0 Å². The predicted molar refractivity (Wildman–Crippen MR) is 131 cm³/mol. The zero-order valence-electron chi connectivity index (χ0n) is 18.2. The van der Waals surface area contributed by atoms with Gasteiger partial charge in [-0.1, -0.05) is 48.5 Å². The number of anilines is 1. The number of aromatic nitrogens is 2. The second kappa shape index (κ2) is 9.78. The average molecular weight is 447 g/mol. The molecule has 0 radical (unpaired) electrons. The summed E-state index contributed by atoms with van der Waals surface area (Å²) in [5.41, 5.74) is 2.94. The van der Waals surface area contributed by atoms with Crippen LogP contribution in [0.3, 0.4) is 0 Å². The van der Waals surface area contributed by atoms with E-state index >= 15 is 0 Å². The van der Waals surface area contributed by atoms with Crippen LogP contribution in [0.5, 0.6) is 0 Å². The van der Waals surface area contributed by atoms with Crippen LogP contribution < -0.4 is 15.8 Å². The molecule has 0 aliphatic rings. The highest BCUT2D eigenvalue weighted by atomic mass is 32.1. The van der Waals surface area contributed by atoms with E-state index in [2.05, 4.69) is 27.3 Å². The topological polar surface area (TPSA) is 67.2 Å². The molecule has 7 heteroatoms. The fourth-order valence-corrected chi connectivity index (χ4v) is 4.85. The van der Waals surface area contributed by atoms with E-state index in [1.807, 2.05) is 62.5 Å². The number of thiophene rings is 1. The third kappa shape index (κ3) is 4.73. The van der Waals surface area contributed by atoms with Gasteiger partial charge in [0.15, 0.2) is 0 Å². The van der Waals surface area contributed by atoms with Crippen molar-refractivity contribution in [1.82, 2.24) is 14.9 Å². The van der Waals surface area contributed by atoms with Crippen LogP contribution in [-0.4, -0.2) is 35.6 Å². The number of hydrogen-bond acceptors (Lipinski definition) is 5. The first kappa shape index (κ1) is 21.8. The van der Waals surface area contributed by atoms with Crippen LogP contribution in [0.15, 0.2) is 71.8 Å². The third-order valence-corrected chi connectivity index (χ3v) is 6.71. The molecule has 0 aliphatic heterocycles. The van der Waals surface area contributed by atoms with Gasteiger partial charge in [0, 0.05) is 30.7 Å². The van der Waals surface area contributed by atoms with Crippen molar-refractivity contribution < 1.29 is 4.79 Å². The number of hydrogen-bond donors (Lipinski definition) is 1. The van der Waals surface area contributed by atoms with Crippen LogP contribution in [0.25, 0.3) is 20.7 Å². The van der Waals surface area contributed by atoms with Gasteiger partial charge in [0.1, 0.15) is 11.4 Å². The molecule has 164 valence electrons. The van der Waals surface area contributed by atoms with Crippen molar-refractivity contribution in [2.24, 2.45) is 0 Å². The summed E-state index contributed by atoms with van der Waals surface area (Å²) in [7, 11) is 2.03. The second-order valence-corrected chi connectivity index (χ2v) is 8.74. The smallest absolute Gasteiger partial charge is 0.262 e. The van der Waals surface area contributed by atoms with Gasteiger partial charge in [0.25, 0.3) is 5.56 Å². The van der Waals surface area contributed by atoms with Crippen molar-refractivity contribution in [2.75, 3.05) is 25.0 Å². The molecule has 6 nitrogen and oxygen atoms in total. The van der Waals surface area contributed by atoms with Crippen LogP contribution in [0.1, 0.15) is 12.0 Å². The number of fused-ring (bicyclic) bond motifs is 1. The lowest BCUT2D eigenvalue weighted by atomic mass is 10.1. The van der Waals surface area contributed by atoms with Gasteiger partial charge in [0.05, 0.1) is 11.7 Å². The van der Waals surface area contributed by atoms with Crippen LogP contribution in [0.2, 0.25) is 0 Å². The number of carbonyl (C=O) groups excluding carboxylic acids is 1. The molecule has 0 unspecified atom stereocenters. The van der Waals surface area contributed by atoms with Crippen molar-refractivity contribution in [3.8, 4) is 10.4 Å². The minimum absolute atomic E-state index is 0.0355. The van der Waals surface area contributed by atoms with E-state index in [-0.39, 0.29) is 18.0 Å². The normalized spacial score (nSPS) is 10.9. The summed E-state index contributed by atoms with van der Waals surface area (Å²) in [6.45, 7) is 3.29. The molecule has 4 aromatic rings. The van der Waals surface area contributed by atoms with Gasteiger partial charge < -0.3 is 10.2 Å². The molecule has 32 heavy (non-hydrogen) atoms. The number of nitrogens with zero attached hydrogens (tertiary/aromatic N) is 3. The number of nitrogens with one attached hydrogen (secondary N) is 1. The van der Waals surface area contributed by atoms with Gasteiger partial charge in [-0.3, -0.25) is 14.2 Å². The number of rotatable bonds is 8. The molecular weight excluding hydrogens is 420 g/mol. The van der Waals surface area contributed by atoms with Crippen molar-refractivity contribution in [3.63, 3.8) is 0 Å². The van der Waals surface area contributed by atoms with Crippen LogP contribution in [0.4, 0.5) is 5.69 Å². The Kier molecular flexibility index (Phi) is 6.66. The Labute approximate surface area is 191 Å². The summed E-state index contributed by atoms with van der Waals surface area (Å²) in [4.78, 5) is 33.8. The lowest BCUT2D eigenvalue weighted by Gasteiger charge is -2.19. The van der Waals surface area contributed by atoms with Crippen molar-refractivity contribution in [2.45, 2.75) is 19.9 Å². The molecule has 2 aromatic carbocycles. The highest BCUT2D eigenvalue weighted by Crippen LogP contribution is 2.35. The van der Waals surface area contributed by atoms with Gasteiger partial charge in [-0.05, 0) is 36.6 Å². The summed E-state index contributed by atoms with van der Waals surface area (Å²) >= 11 is 1.51. The lowest BCUT2D eigenvalue weighted by Crippen LogP contribution is -2.34. The van der Waals surface area contributed by atoms with Crippen molar-refractivity contribution >= 4 is 33.1 Å². The van der Waals surface area contributed by atoms with E-state index in [0.717, 1.165) is 34.7 Å². The molecule has 0 spiro atoms. The van der Waals surface area contributed by atoms with E-state index in [9.17, 15) is 9.59 Å². The molecule has 0 fully saturated rings. The summed E-state index contributed by atoms with van der Waals surface area (Å²) in [5.74, 6) is -0.188. The molecule has 0 saturated carbocycles. The average Bonchev–Trinajstić information content (AvgIpc) is 3.16. The Hall–Kier alpha value is -3.45. The third-order valence-electron chi connectivity index (χ3n) is 5.46. The maximum atomic E-state index is 13.0. The molecular formula is C25H26N4O2S. The van der Waals surface area contributed by atoms with Gasteiger partial charge in [0.2, 0.25) is 5.91 Å². The van der Waals surface area contributed by atoms with Gasteiger partial charge in [-0.15, -0.1) is 11.3 Å². The zero-order valence-corrected chi connectivity index (χ0v) is 19.1. The largest absolute Gasteiger partial charge is 0.375 e. The highest BCUT2D eigenvalue weighted by molar-refractivity contribution is 7.22.